The molecule has 4 aromatic rings. The summed E-state index contributed by atoms with van der Waals surface area (Å²) in [5.74, 6) is 0.0880. The Balaban J connectivity index is 1.43. The summed E-state index contributed by atoms with van der Waals surface area (Å²) in [5, 5.41) is 3.16. The van der Waals surface area contributed by atoms with Gasteiger partial charge in [-0.2, -0.15) is 0 Å². The monoisotopic (exact) mass is 606 g/mol. The van der Waals surface area contributed by atoms with E-state index < -0.39 is 5.54 Å². The molecule has 0 spiro atoms. The average molecular weight is 607 g/mol. The van der Waals surface area contributed by atoms with Crippen LogP contribution in [0.25, 0.3) is 11.3 Å². The van der Waals surface area contributed by atoms with Gasteiger partial charge in [0.15, 0.2) is 5.82 Å². The van der Waals surface area contributed by atoms with E-state index in [0.29, 0.717) is 29.1 Å². The number of likely N-dealkylation sites (N-methyl/N-ethyl adjacent to an activating group) is 1. The summed E-state index contributed by atoms with van der Waals surface area (Å²) in [6.07, 6.45) is 2.66. The average Bonchev–Trinajstić information content (AvgIpc) is 3.24. The molecule has 1 saturated heterocycles. The van der Waals surface area contributed by atoms with E-state index in [9.17, 15) is 14.4 Å². The third kappa shape index (κ3) is 6.99. The van der Waals surface area contributed by atoms with E-state index in [1.165, 1.54) is 4.57 Å². The normalized spacial score (nSPS) is 14.1. The van der Waals surface area contributed by atoms with Crippen LogP contribution in [0.2, 0.25) is 0 Å². The van der Waals surface area contributed by atoms with Crippen LogP contribution in [-0.2, 0) is 7.05 Å². The molecule has 0 unspecified atom stereocenters. The number of anilines is 3. The number of carbonyl (C=O) groups is 2. The molecule has 1 N–H and O–H groups in total. The molecule has 1 fully saturated rings. The molecular weight excluding hydrogens is 564 g/mol. The minimum Gasteiger partial charge on any atom is -0.337 e. The van der Waals surface area contributed by atoms with E-state index in [1.54, 1.807) is 37.5 Å². The predicted octanol–water partition coefficient (Wildman–Crippen LogP) is 5.72. The van der Waals surface area contributed by atoms with E-state index >= 15 is 0 Å². The molecule has 5 rings (SSSR count). The van der Waals surface area contributed by atoms with Crippen LogP contribution >= 0.6 is 0 Å². The van der Waals surface area contributed by atoms with Crippen molar-refractivity contribution >= 4 is 29.0 Å². The fourth-order valence-electron chi connectivity index (χ4n) is 5.71. The molecule has 1 aromatic heterocycles. The number of hydrogen-bond donors (Lipinski definition) is 1. The van der Waals surface area contributed by atoms with Crippen molar-refractivity contribution in [2.75, 3.05) is 43.4 Å². The zero-order valence-corrected chi connectivity index (χ0v) is 27.0. The first-order valence-electron chi connectivity index (χ1n) is 15.4. The molecule has 0 atom stereocenters. The fraction of sp³-hybridized carbons (Fsp3) is 0.333. The molecule has 2 amide bonds. The van der Waals surface area contributed by atoms with Crippen molar-refractivity contribution in [3.8, 4) is 11.3 Å². The summed E-state index contributed by atoms with van der Waals surface area (Å²) in [7, 11) is 3.77. The number of carbonyl (C=O) groups excluding carboxylic acids is 2. The van der Waals surface area contributed by atoms with E-state index in [-0.39, 0.29) is 23.2 Å². The van der Waals surface area contributed by atoms with Crippen molar-refractivity contribution in [3.63, 3.8) is 0 Å². The van der Waals surface area contributed by atoms with E-state index in [2.05, 4.69) is 17.3 Å². The highest BCUT2D eigenvalue weighted by Crippen LogP contribution is 2.34. The molecule has 1 aliphatic heterocycles. The minimum atomic E-state index is -0.503. The molecule has 9 heteroatoms. The molecule has 1 aliphatic rings. The predicted molar refractivity (Wildman–Crippen MR) is 180 cm³/mol. The SMILES string of the molecule is Cc1c(-c2cn(C)c(=O)c(Nc3ccc(C(=O)N4CCCN(C)CC4)cc3)n2)cccc1N(C(=O)c1ccccc1)C(C)(C)C. The summed E-state index contributed by atoms with van der Waals surface area (Å²) in [4.78, 5) is 50.7. The van der Waals surface area contributed by atoms with Gasteiger partial charge in [-0.1, -0.05) is 30.3 Å². The largest absolute Gasteiger partial charge is 0.337 e. The van der Waals surface area contributed by atoms with Crippen LogP contribution in [0.4, 0.5) is 17.2 Å². The van der Waals surface area contributed by atoms with Gasteiger partial charge < -0.3 is 24.6 Å². The second kappa shape index (κ2) is 13.1. The van der Waals surface area contributed by atoms with Crippen molar-refractivity contribution in [1.82, 2.24) is 19.4 Å². The second-order valence-corrected chi connectivity index (χ2v) is 12.7. The molecular formula is C36H42N6O3. The topological polar surface area (TPSA) is 90.8 Å². The van der Waals surface area contributed by atoms with Crippen LogP contribution in [0.15, 0.2) is 83.8 Å². The van der Waals surface area contributed by atoms with Gasteiger partial charge >= 0.3 is 0 Å². The summed E-state index contributed by atoms with van der Waals surface area (Å²) >= 11 is 0. The highest BCUT2D eigenvalue weighted by atomic mass is 16.2. The molecule has 0 bridgehead atoms. The Morgan fingerprint density at radius 1 is 0.844 bits per heavy atom. The van der Waals surface area contributed by atoms with E-state index in [0.717, 1.165) is 42.9 Å². The van der Waals surface area contributed by atoms with Crippen molar-refractivity contribution in [1.29, 1.82) is 0 Å². The number of amides is 2. The molecule has 2 heterocycles. The molecule has 0 saturated carbocycles. The third-order valence-corrected chi connectivity index (χ3v) is 8.19. The second-order valence-electron chi connectivity index (χ2n) is 12.7. The van der Waals surface area contributed by atoms with Crippen molar-refractivity contribution in [2.24, 2.45) is 7.05 Å². The lowest BCUT2D eigenvalue weighted by Gasteiger charge is -2.37. The zero-order valence-electron chi connectivity index (χ0n) is 27.0. The van der Waals surface area contributed by atoms with Gasteiger partial charge in [-0.15, -0.1) is 0 Å². The van der Waals surface area contributed by atoms with E-state index in [4.69, 9.17) is 4.98 Å². The van der Waals surface area contributed by atoms with Gasteiger partial charge in [-0.3, -0.25) is 14.4 Å². The zero-order chi connectivity index (χ0) is 32.3. The number of hydrogen-bond acceptors (Lipinski definition) is 6. The van der Waals surface area contributed by atoms with Crippen molar-refractivity contribution in [2.45, 2.75) is 39.7 Å². The van der Waals surface area contributed by atoms with Crippen LogP contribution in [-0.4, -0.2) is 69.9 Å². The highest BCUT2D eigenvalue weighted by molar-refractivity contribution is 6.07. The lowest BCUT2D eigenvalue weighted by atomic mass is 9.97. The molecule has 0 aliphatic carbocycles. The van der Waals surface area contributed by atoms with Crippen LogP contribution in [0.3, 0.4) is 0 Å². The summed E-state index contributed by atoms with van der Waals surface area (Å²) in [5.41, 5.74) is 4.14. The number of nitrogens with one attached hydrogen (secondary N) is 1. The van der Waals surface area contributed by atoms with Gasteiger partial charge in [0, 0.05) is 66.5 Å². The van der Waals surface area contributed by atoms with Crippen LogP contribution in [0, 0.1) is 6.92 Å². The molecule has 45 heavy (non-hydrogen) atoms. The maximum atomic E-state index is 13.8. The van der Waals surface area contributed by atoms with Crippen molar-refractivity contribution in [3.05, 3.63) is 106 Å². The van der Waals surface area contributed by atoms with Crippen molar-refractivity contribution < 1.29 is 9.59 Å². The first-order valence-corrected chi connectivity index (χ1v) is 15.4. The fourth-order valence-corrected chi connectivity index (χ4v) is 5.71. The van der Waals surface area contributed by atoms with Gasteiger partial charge in [-0.05, 0) is 95.7 Å². The first kappa shape index (κ1) is 31.7. The standard InChI is InChI=1S/C36H42N6O3/c1-25-29(14-10-15-31(25)42(36(2,3)4)34(44)26-12-8-7-9-13-26)30-24-40(6)35(45)32(38-30)37-28-18-16-27(17-19-28)33(43)41-21-11-20-39(5)22-23-41/h7-10,12-19,24H,11,20-23H2,1-6H3,(H,37,38). The van der Waals surface area contributed by atoms with E-state index in [1.807, 2.05) is 86.0 Å². The Morgan fingerprint density at radius 2 is 1.56 bits per heavy atom. The molecule has 234 valence electrons. The van der Waals surface area contributed by atoms with Gasteiger partial charge in [0.1, 0.15) is 0 Å². The smallest absolute Gasteiger partial charge is 0.293 e. The quantitative estimate of drug-likeness (QED) is 0.302. The van der Waals surface area contributed by atoms with Gasteiger partial charge in [0.05, 0.1) is 5.69 Å². The first-order chi connectivity index (χ1) is 21.4. The van der Waals surface area contributed by atoms with Gasteiger partial charge in [0.2, 0.25) is 0 Å². The highest BCUT2D eigenvalue weighted by Gasteiger charge is 2.31. The number of rotatable bonds is 6. The Morgan fingerprint density at radius 3 is 2.24 bits per heavy atom. The Labute approximate surface area is 265 Å². The Bertz CT molecular complexity index is 1740. The molecule has 0 radical (unpaired) electrons. The Hall–Kier alpha value is -4.76. The summed E-state index contributed by atoms with van der Waals surface area (Å²) in [6.45, 7) is 11.3. The molecule has 9 nitrogen and oxygen atoms in total. The number of aromatic nitrogens is 2. The van der Waals surface area contributed by atoms with Crippen LogP contribution < -0.4 is 15.8 Å². The summed E-state index contributed by atoms with van der Waals surface area (Å²) < 4.78 is 1.50. The maximum Gasteiger partial charge on any atom is 0.293 e. The number of aryl methyl sites for hydroxylation is 1. The molecule has 3 aromatic carbocycles. The van der Waals surface area contributed by atoms with Gasteiger partial charge in [-0.25, -0.2) is 4.98 Å². The maximum absolute atomic E-state index is 13.8. The summed E-state index contributed by atoms with van der Waals surface area (Å²) in [6, 6.07) is 22.2. The van der Waals surface area contributed by atoms with Crippen LogP contribution in [0.1, 0.15) is 53.5 Å². The number of nitrogens with zero attached hydrogens (tertiary/aromatic N) is 5. The lowest BCUT2D eigenvalue weighted by Crippen LogP contribution is -2.46. The third-order valence-electron chi connectivity index (χ3n) is 8.19. The van der Waals surface area contributed by atoms with Gasteiger partial charge in [0.25, 0.3) is 17.4 Å². The minimum absolute atomic E-state index is 0.0123. The number of benzene rings is 3. The lowest BCUT2D eigenvalue weighted by molar-refractivity contribution is 0.0762. The van der Waals surface area contributed by atoms with Crippen LogP contribution in [0.5, 0.6) is 0 Å². The Kier molecular flexibility index (Phi) is 9.20.